The molecule has 8 heteroatoms. The molecule has 1 amide bonds. The molecule has 0 unspecified atom stereocenters. The highest BCUT2D eigenvalue weighted by Crippen LogP contribution is 2.23. The fourth-order valence-electron chi connectivity index (χ4n) is 2.35. The van der Waals surface area contributed by atoms with Crippen LogP contribution in [-0.4, -0.2) is 28.2 Å². The number of thiazole rings is 1. The number of carbonyl (C=O) groups excluding carboxylic acids is 1. The number of amides is 1. The second-order valence-corrected chi connectivity index (χ2v) is 9.31. The van der Waals surface area contributed by atoms with Crippen LogP contribution < -0.4 is 4.80 Å². The van der Waals surface area contributed by atoms with Crippen LogP contribution in [0.5, 0.6) is 0 Å². The van der Waals surface area contributed by atoms with E-state index >= 15 is 0 Å². The molecule has 1 heterocycles. The Labute approximate surface area is 174 Å². The molecule has 0 radical (unpaired) electrons. The number of hydrogen-bond donors (Lipinski definition) is 0. The molecule has 3 nitrogen and oxygen atoms in total. The lowest BCUT2D eigenvalue weighted by atomic mass is 10.3. The van der Waals surface area contributed by atoms with Crippen LogP contribution in [0, 0.1) is 0 Å². The van der Waals surface area contributed by atoms with Crippen LogP contribution in [0.25, 0.3) is 10.2 Å². The Morgan fingerprint density at radius 2 is 1.88 bits per heavy atom. The zero-order valence-electron chi connectivity index (χ0n) is 13.9. The molecule has 0 saturated heterocycles. The first-order valence-corrected chi connectivity index (χ1v) is 11.8. The zero-order chi connectivity index (χ0) is 18.5. The van der Waals surface area contributed by atoms with Crippen LogP contribution in [0.15, 0.2) is 52.4 Å². The van der Waals surface area contributed by atoms with Gasteiger partial charge >= 0.3 is 0 Å². The Bertz CT molecular complexity index is 980. The van der Waals surface area contributed by atoms with Crippen molar-refractivity contribution in [3.05, 3.63) is 57.3 Å². The molecule has 0 aliphatic heterocycles. The lowest BCUT2D eigenvalue weighted by Crippen LogP contribution is -2.18. The van der Waals surface area contributed by atoms with E-state index in [0.29, 0.717) is 15.8 Å². The summed E-state index contributed by atoms with van der Waals surface area (Å²) in [5.41, 5.74) is 1.06. The molecule has 1 aromatic heterocycles. The summed E-state index contributed by atoms with van der Waals surface area (Å²) in [5, 5.41) is 1.37. The monoisotopic (exact) mass is 442 g/mol. The normalized spacial score (nSPS) is 12.0. The fourth-order valence-corrected chi connectivity index (χ4v) is 4.87. The Kier molecular flexibility index (Phi) is 7.12. The fraction of sp³-hybridized carbons (Fsp3) is 0.222. The minimum Gasteiger partial charge on any atom is -0.316 e. The number of aryl methyl sites for hydroxylation is 1. The number of hydrogen-bond acceptors (Lipinski definition) is 4. The van der Waals surface area contributed by atoms with Crippen molar-refractivity contribution in [2.45, 2.75) is 11.4 Å². The minimum absolute atomic E-state index is 0.152. The molecule has 3 rings (SSSR count). The number of aromatic nitrogens is 1. The molecule has 0 atom stereocenters. The Morgan fingerprint density at radius 3 is 2.62 bits per heavy atom. The van der Waals surface area contributed by atoms with E-state index in [1.165, 1.54) is 23.1 Å². The van der Waals surface area contributed by atoms with E-state index in [0.717, 1.165) is 32.2 Å². The first-order valence-electron chi connectivity index (χ1n) is 7.80. The molecule has 0 spiro atoms. The molecular formula is C18H16Cl2N2OS3. The average Bonchev–Trinajstić information content (AvgIpc) is 2.95. The maximum atomic E-state index is 12.4. The van der Waals surface area contributed by atoms with Crippen LogP contribution >= 0.6 is 58.1 Å². The smallest absolute Gasteiger partial charge is 0.258 e. The predicted molar refractivity (Wildman–Crippen MR) is 116 cm³/mol. The van der Waals surface area contributed by atoms with Gasteiger partial charge < -0.3 is 4.57 Å². The molecule has 3 aromatic rings. The van der Waals surface area contributed by atoms with E-state index in [1.807, 2.05) is 42.5 Å². The lowest BCUT2D eigenvalue weighted by Gasteiger charge is -2.03. The molecular weight excluding hydrogens is 427 g/mol. The number of rotatable bonds is 6. The summed E-state index contributed by atoms with van der Waals surface area (Å²) >= 11 is 16.7. The highest BCUT2D eigenvalue weighted by Gasteiger charge is 2.09. The summed E-state index contributed by atoms with van der Waals surface area (Å²) in [6, 6.07) is 13.2. The van der Waals surface area contributed by atoms with Gasteiger partial charge in [-0.15, -0.1) is 11.8 Å². The summed E-state index contributed by atoms with van der Waals surface area (Å²) in [5.74, 6) is 1.09. The third-order valence-corrected chi connectivity index (χ3v) is 6.68. The Balaban J connectivity index is 1.84. The second kappa shape index (κ2) is 9.33. The molecule has 0 fully saturated rings. The van der Waals surface area contributed by atoms with E-state index in [4.69, 9.17) is 23.2 Å². The van der Waals surface area contributed by atoms with Crippen molar-refractivity contribution in [1.29, 1.82) is 0 Å². The molecule has 2 aromatic carbocycles. The molecule has 0 saturated carbocycles. The van der Waals surface area contributed by atoms with Crippen LogP contribution in [-0.2, 0) is 11.3 Å². The first kappa shape index (κ1) is 19.8. The Morgan fingerprint density at radius 1 is 1.15 bits per heavy atom. The van der Waals surface area contributed by atoms with Crippen LogP contribution in [0.3, 0.4) is 0 Å². The summed E-state index contributed by atoms with van der Waals surface area (Å²) in [7, 11) is 0. The van der Waals surface area contributed by atoms with Gasteiger partial charge in [0, 0.05) is 27.2 Å². The number of halogens is 2. The van der Waals surface area contributed by atoms with Gasteiger partial charge in [-0.05, 0) is 48.7 Å². The SMILES string of the molecule is CSCCn1c(=NC(=O)CSc2ccc(Cl)cc2)sc2cc(Cl)ccc21. The van der Waals surface area contributed by atoms with Crippen molar-refractivity contribution in [3.63, 3.8) is 0 Å². The van der Waals surface area contributed by atoms with E-state index in [1.54, 1.807) is 11.8 Å². The number of nitrogens with zero attached hydrogens (tertiary/aromatic N) is 2. The maximum Gasteiger partial charge on any atom is 0.258 e. The molecule has 0 N–H and O–H groups in total. The summed E-state index contributed by atoms with van der Waals surface area (Å²) in [6.45, 7) is 0.805. The quantitative estimate of drug-likeness (QED) is 0.466. The Hall–Kier alpha value is -0.920. The van der Waals surface area contributed by atoms with Crippen molar-refractivity contribution >= 4 is 74.2 Å². The van der Waals surface area contributed by atoms with E-state index in [-0.39, 0.29) is 5.91 Å². The summed E-state index contributed by atoms with van der Waals surface area (Å²) < 4.78 is 3.13. The van der Waals surface area contributed by atoms with E-state index < -0.39 is 0 Å². The van der Waals surface area contributed by atoms with Gasteiger partial charge in [0.05, 0.1) is 16.0 Å². The van der Waals surface area contributed by atoms with Gasteiger partial charge in [0.25, 0.3) is 5.91 Å². The average molecular weight is 443 g/mol. The lowest BCUT2D eigenvalue weighted by molar-refractivity contribution is -0.115. The van der Waals surface area contributed by atoms with E-state index in [9.17, 15) is 4.79 Å². The van der Waals surface area contributed by atoms with Crippen molar-refractivity contribution < 1.29 is 4.79 Å². The number of carbonyl (C=O) groups is 1. The largest absolute Gasteiger partial charge is 0.316 e. The number of benzene rings is 2. The molecule has 26 heavy (non-hydrogen) atoms. The van der Waals surface area contributed by atoms with Crippen molar-refractivity contribution in [1.82, 2.24) is 4.57 Å². The summed E-state index contributed by atoms with van der Waals surface area (Å²) in [6.07, 6.45) is 2.07. The van der Waals surface area contributed by atoms with Gasteiger partial charge in [0.15, 0.2) is 4.80 Å². The van der Waals surface area contributed by atoms with Gasteiger partial charge in [-0.25, -0.2) is 0 Å². The minimum atomic E-state index is -0.152. The van der Waals surface area contributed by atoms with Gasteiger partial charge in [0.1, 0.15) is 0 Å². The molecule has 136 valence electrons. The molecule has 0 aliphatic carbocycles. The third-order valence-electron chi connectivity index (χ3n) is 3.56. The maximum absolute atomic E-state index is 12.4. The molecule has 0 aliphatic rings. The summed E-state index contributed by atoms with van der Waals surface area (Å²) in [4.78, 5) is 18.4. The van der Waals surface area contributed by atoms with Gasteiger partial charge in [-0.3, -0.25) is 4.79 Å². The van der Waals surface area contributed by atoms with Crippen LogP contribution in [0.1, 0.15) is 0 Å². The van der Waals surface area contributed by atoms with Gasteiger partial charge in [-0.1, -0.05) is 34.5 Å². The van der Waals surface area contributed by atoms with Crippen LogP contribution in [0.4, 0.5) is 0 Å². The highest BCUT2D eigenvalue weighted by molar-refractivity contribution is 8.00. The second-order valence-electron chi connectivity index (χ2n) is 5.39. The standard InChI is InChI=1S/C18H16Cl2N2OS3/c1-24-9-8-22-15-7-4-13(20)10-16(15)26-18(22)21-17(23)11-25-14-5-2-12(19)3-6-14/h2-7,10H,8-9,11H2,1H3. The van der Waals surface area contributed by atoms with Gasteiger partial charge in [-0.2, -0.15) is 16.8 Å². The number of fused-ring (bicyclic) bond motifs is 1. The zero-order valence-corrected chi connectivity index (χ0v) is 17.9. The van der Waals surface area contributed by atoms with Crippen molar-refractivity contribution in [3.8, 4) is 0 Å². The van der Waals surface area contributed by atoms with E-state index in [2.05, 4.69) is 15.8 Å². The predicted octanol–water partition coefficient (Wildman–Crippen LogP) is 5.59. The highest BCUT2D eigenvalue weighted by atomic mass is 35.5. The van der Waals surface area contributed by atoms with Crippen LogP contribution in [0.2, 0.25) is 10.0 Å². The van der Waals surface area contributed by atoms with Gasteiger partial charge in [0.2, 0.25) is 0 Å². The first-order chi connectivity index (χ1) is 12.6. The van der Waals surface area contributed by atoms with Crippen molar-refractivity contribution in [2.24, 2.45) is 4.99 Å². The third kappa shape index (κ3) is 5.08. The topological polar surface area (TPSA) is 34.4 Å². The molecule has 0 bridgehead atoms. The van der Waals surface area contributed by atoms with Crippen molar-refractivity contribution in [2.75, 3.05) is 17.8 Å². The number of thioether (sulfide) groups is 2.